The van der Waals surface area contributed by atoms with E-state index in [2.05, 4.69) is 29.6 Å². The number of aryl methyl sites for hydroxylation is 2. The number of para-hydroxylation sites is 2. The monoisotopic (exact) mass is 804 g/mol. The summed E-state index contributed by atoms with van der Waals surface area (Å²) in [4.78, 5) is 38.7. The van der Waals surface area contributed by atoms with Crippen molar-refractivity contribution >= 4 is 45.1 Å². The van der Waals surface area contributed by atoms with Crippen LogP contribution >= 0.6 is 0 Å². The summed E-state index contributed by atoms with van der Waals surface area (Å²) in [5, 5.41) is 11.3. The lowest BCUT2D eigenvalue weighted by Gasteiger charge is -2.36. The maximum absolute atomic E-state index is 14.0. The number of hydrogen-bond donors (Lipinski definition) is 3. The highest BCUT2D eigenvalue weighted by Gasteiger charge is 2.20. The van der Waals surface area contributed by atoms with Crippen LogP contribution in [0, 0.1) is 11.6 Å². The molecule has 12 heteroatoms. The van der Waals surface area contributed by atoms with E-state index in [1.165, 1.54) is 30.4 Å². The number of methoxy groups -OCH3 is 1. The molecule has 4 heterocycles. The zero-order chi connectivity index (χ0) is 41.1. The number of piperazine rings is 2. The van der Waals surface area contributed by atoms with Crippen LogP contribution in [0.5, 0.6) is 0 Å². The molecule has 2 aliphatic heterocycles. The van der Waals surface area contributed by atoms with Crippen molar-refractivity contribution in [1.29, 1.82) is 0 Å². The molecule has 2 aromatic heterocycles. The first-order valence-electron chi connectivity index (χ1n) is 20.7. The quantitative estimate of drug-likeness (QED) is 0.0745. The minimum atomic E-state index is -0.895. The van der Waals surface area contributed by atoms with Gasteiger partial charge >= 0.3 is 11.9 Å². The predicted octanol–water partition coefficient (Wildman–Crippen LogP) is 8.39. The van der Waals surface area contributed by atoms with Crippen LogP contribution in [-0.4, -0.2) is 109 Å². The minimum absolute atomic E-state index is 0.139. The molecule has 0 bridgehead atoms. The molecular weight excluding hydrogens is 751 g/mol. The largest absolute Gasteiger partial charge is 0.478 e. The summed E-state index contributed by atoms with van der Waals surface area (Å²) >= 11 is 0. The van der Waals surface area contributed by atoms with E-state index in [-0.39, 0.29) is 17.6 Å². The average molecular weight is 805 g/mol. The van der Waals surface area contributed by atoms with Crippen molar-refractivity contribution in [3.63, 3.8) is 0 Å². The molecule has 2 saturated heterocycles. The number of unbranched alkanes of at least 4 members (excludes halogenated alkanes) is 2. The van der Waals surface area contributed by atoms with E-state index in [0.717, 1.165) is 126 Å². The van der Waals surface area contributed by atoms with Crippen molar-refractivity contribution < 1.29 is 28.2 Å². The second kappa shape index (κ2) is 19.8. The normalized spacial score (nSPS) is 15.0. The molecule has 0 atom stereocenters. The molecule has 2 fully saturated rings. The molecule has 0 saturated carbocycles. The van der Waals surface area contributed by atoms with E-state index in [1.54, 1.807) is 30.3 Å². The molecule has 0 unspecified atom stereocenters. The Morgan fingerprint density at radius 3 is 1.49 bits per heavy atom. The highest BCUT2D eigenvalue weighted by atomic mass is 19.1. The number of aromatic nitrogens is 2. The van der Waals surface area contributed by atoms with Gasteiger partial charge in [0, 0.05) is 86.6 Å². The van der Waals surface area contributed by atoms with Crippen LogP contribution in [-0.2, 0) is 17.6 Å². The van der Waals surface area contributed by atoms with Crippen LogP contribution in [0.3, 0.4) is 0 Å². The number of ether oxygens (including phenoxy) is 1. The number of aromatic amines is 2. The predicted molar refractivity (Wildman–Crippen MR) is 231 cm³/mol. The molecule has 6 aromatic rings. The fraction of sp³-hybridized carbons (Fsp3) is 0.362. The molecule has 4 aromatic carbocycles. The van der Waals surface area contributed by atoms with Gasteiger partial charge in [0.15, 0.2) is 0 Å². The first kappa shape index (κ1) is 41.4. The number of anilines is 2. The summed E-state index contributed by atoms with van der Waals surface area (Å²) in [6.07, 6.45) is 10.3. The first-order chi connectivity index (χ1) is 28.8. The van der Waals surface area contributed by atoms with Crippen LogP contribution in [0.2, 0.25) is 0 Å². The lowest BCUT2D eigenvalue weighted by Crippen LogP contribution is -2.46. The van der Waals surface area contributed by atoms with Crippen LogP contribution in [0.25, 0.3) is 21.8 Å². The number of esters is 1. The lowest BCUT2D eigenvalue weighted by atomic mass is 10.0. The number of carbonyl (C=O) groups excluding carboxylic acids is 1. The number of hydrogen-bond acceptors (Lipinski definition) is 7. The topological polar surface area (TPSA) is 108 Å². The molecule has 0 radical (unpaired) electrons. The number of rotatable bonds is 14. The third-order valence-corrected chi connectivity index (χ3v) is 11.7. The number of fused-ring (bicyclic) bond motifs is 2. The van der Waals surface area contributed by atoms with Gasteiger partial charge in [-0.25, -0.2) is 18.4 Å². The van der Waals surface area contributed by atoms with Gasteiger partial charge in [0.05, 0.1) is 29.6 Å². The molecule has 0 amide bonds. The smallest absolute Gasteiger partial charge is 0.337 e. The number of H-pyrrole nitrogens is 2. The van der Waals surface area contributed by atoms with Crippen molar-refractivity contribution in [2.45, 2.75) is 38.5 Å². The van der Waals surface area contributed by atoms with Crippen LogP contribution in [0.15, 0.2) is 97.3 Å². The highest BCUT2D eigenvalue weighted by molar-refractivity contribution is 5.96. The molecule has 8 rings (SSSR count). The number of carboxylic acids is 1. The van der Waals surface area contributed by atoms with E-state index < -0.39 is 5.97 Å². The van der Waals surface area contributed by atoms with E-state index in [9.17, 15) is 23.5 Å². The van der Waals surface area contributed by atoms with Gasteiger partial charge in [-0.1, -0.05) is 24.3 Å². The number of benzene rings is 4. The number of halogens is 2. The Kier molecular flexibility index (Phi) is 13.9. The van der Waals surface area contributed by atoms with Gasteiger partial charge in [-0.3, -0.25) is 9.80 Å². The van der Waals surface area contributed by atoms with Gasteiger partial charge in [-0.15, -0.1) is 0 Å². The van der Waals surface area contributed by atoms with Crippen molar-refractivity contribution in [1.82, 2.24) is 19.8 Å². The Labute approximate surface area is 344 Å². The van der Waals surface area contributed by atoms with Crippen molar-refractivity contribution in [2.24, 2.45) is 0 Å². The van der Waals surface area contributed by atoms with Crippen LogP contribution in [0.4, 0.5) is 20.2 Å². The number of nitrogens with zero attached hydrogens (tertiary/aromatic N) is 4. The van der Waals surface area contributed by atoms with Gasteiger partial charge in [-0.05, 0) is 123 Å². The SMILES string of the molecule is COC(=O)c1ccc2[nH]cc(CCCCN3CCN(c4ccccc4F)CC3)c2c1.O=C(O)c1ccc2[nH]cc(CCCCN3CCN(c4ccccc4F)CC3)c2c1. The molecular formula is C47H54F2N6O4. The Morgan fingerprint density at radius 1 is 0.610 bits per heavy atom. The van der Waals surface area contributed by atoms with Gasteiger partial charge in [-0.2, -0.15) is 0 Å². The molecule has 59 heavy (non-hydrogen) atoms. The Bertz CT molecular complexity index is 2330. The Morgan fingerprint density at radius 2 is 1.05 bits per heavy atom. The average Bonchev–Trinajstić information content (AvgIpc) is 3.87. The molecule has 0 aliphatic carbocycles. The summed E-state index contributed by atoms with van der Waals surface area (Å²) < 4.78 is 32.7. The van der Waals surface area contributed by atoms with E-state index in [0.29, 0.717) is 22.5 Å². The second-order valence-corrected chi connectivity index (χ2v) is 15.4. The number of carbonyl (C=O) groups is 2. The van der Waals surface area contributed by atoms with E-state index in [4.69, 9.17) is 4.74 Å². The standard InChI is InChI=1S/C24H28FN3O2.C23H26FN3O2/c1-30-24(29)18-9-10-22-20(16-18)19(17-26-22)6-4-5-11-27-12-14-28(15-13-27)23-8-3-2-7-21(23)25;24-20-6-1-2-7-22(20)27-13-11-26(12-14-27)10-4-3-5-18-16-25-21-9-8-17(23(28)29)15-19(18)21/h2-3,7-10,16-17,26H,4-6,11-15H2,1H3;1-2,6-9,15-16,25H,3-5,10-14H2,(H,28,29). The molecule has 2 aliphatic rings. The Hall–Kier alpha value is -5.72. The first-order valence-corrected chi connectivity index (χ1v) is 20.7. The van der Waals surface area contributed by atoms with Gasteiger partial charge in [0.1, 0.15) is 11.6 Å². The van der Waals surface area contributed by atoms with Crippen LogP contribution in [0.1, 0.15) is 57.5 Å². The second-order valence-electron chi connectivity index (χ2n) is 15.4. The van der Waals surface area contributed by atoms with E-state index >= 15 is 0 Å². The molecule has 310 valence electrons. The summed E-state index contributed by atoms with van der Waals surface area (Å²) in [7, 11) is 1.40. The fourth-order valence-electron chi connectivity index (χ4n) is 8.29. The maximum atomic E-state index is 14.0. The van der Waals surface area contributed by atoms with Gasteiger partial charge in [0.25, 0.3) is 0 Å². The summed E-state index contributed by atoms with van der Waals surface area (Å²) in [6, 6.07) is 24.8. The van der Waals surface area contributed by atoms with Gasteiger partial charge in [0.2, 0.25) is 0 Å². The van der Waals surface area contributed by atoms with E-state index in [1.807, 2.05) is 54.9 Å². The third-order valence-electron chi connectivity index (χ3n) is 11.7. The van der Waals surface area contributed by atoms with Crippen molar-refractivity contribution in [3.8, 4) is 0 Å². The molecule has 3 N–H and O–H groups in total. The van der Waals surface area contributed by atoms with Crippen LogP contribution < -0.4 is 9.80 Å². The number of aromatic carboxylic acids is 1. The summed E-state index contributed by atoms with van der Waals surface area (Å²) in [5.41, 5.74) is 6.75. The Balaban J connectivity index is 0.000000179. The lowest BCUT2D eigenvalue weighted by molar-refractivity contribution is 0.0600. The van der Waals surface area contributed by atoms with Gasteiger partial charge < -0.3 is 29.6 Å². The zero-order valence-corrected chi connectivity index (χ0v) is 33.8. The minimum Gasteiger partial charge on any atom is -0.478 e. The highest BCUT2D eigenvalue weighted by Crippen LogP contribution is 2.25. The maximum Gasteiger partial charge on any atom is 0.337 e. The summed E-state index contributed by atoms with van der Waals surface area (Å²) in [6.45, 7) is 9.33. The van der Waals surface area contributed by atoms with Crippen molar-refractivity contribution in [3.05, 3.63) is 131 Å². The zero-order valence-electron chi connectivity index (χ0n) is 33.8. The number of carboxylic acid groups (broad SMARTS) is 1. The van der Waals surface area contributed by atoms with Crippen molar-refractivity contribution in [2.75, 3.05) is 82.4 Å². The molecule has 10 nitrogen and oxygen atoms in total. The fourth-order valence-corrected chi connectivity index (χ4v) is 8.29. The summed E-state index contributed by atoms with van der Waals surface area (Å²) in [5.74, 6) is -1.49. The number of nitrogens with one attached hydrogen (secondary N) is 2. The molecule has 0 spiro atoms. The third kappa shape index (κ3) is 10.5.